The van der Waals surface area contributed by atoms with Gasteiger partial charge in [0.2, 0.25) is 0 Å². The van der Waals surface area contributed by atoms with Gasteiger partial charge >= 0.3 is 32.2 Å². The zero-order valence-electron chi connectivity index (χ0n) is 18.6. The maximum Gasteiger partial charge on any atom is 4.00 e. The Morgan fingerprint density at radius 1 is 0.643 bits per heavy atom. The van der Waals surface area contributed by atoms with Crippen LogP contribution in [0.25, 0.3) is 0 Å². The van der Waals surface area contributed by atoms with Crippen molar-refractivity contribution in [2.45, 2.75) is 92.4 Å². The molecule has 0 saturated heterocycles. The van der Waals surface area contributed by atoms with Crippen molar-refractivity contribution in [3.63, 3.8) is 0 Å². The van der Waals surface area contributed by atoms with Gasteiger partial charge in [-0.25, -0.2) is 0 Å². The van der Waals surface area contributed by atoms with Crippen molar-refractivity contribution in [1.82, 2.24) is 0 Å². The van der Waals surface area contributed by atoms with Crippen LogP contribution in [0.4, 0.5) is 0 Å². The summed E-state index contributed by atoms with van der Waals surface area (Å²) in [5, 5.41) is 46.0. The van der Waals surface area contributed by atoms with Gasteiger partial charge in [0.25, 0.3) is 0 Å². The van der Waals surface area contributed by atoms with Crippen LogP contribution < -0.4 is 20.4 Å². The predicted molar refractivity (Wildman–Crippen MR) is 102 cm³/mol. The van der Waals surface area contributed by atoms with Gasteiger partial charge in [-0.1, -0.05) is 79.1 Å². The van der Waals surface area contributed by atoms with E-state index in [-0.39, 0.29) is 64.8 Å². The first-order valence-corrected chi connectivity index (χ1v) is 9.82. The zero-order valence-corrected chi connectivity index (χ0v) is 21.0. The second-order valence-electron chi connectivity index (χ2n) is 5.50. The fourth-order valence-corrected chi connectivity index (χ4v) is 0.790. The van der Waals surface area contributed by atoms with Gasteiger partial charge in [0, 0.05) is 0 Å². The zero-order chi connectivity index (χ0) is 22.3. The molecule has 1 N–H and O–H groups in total. The third kappa shape index (κ3) is 114. The van der Waals surface area contributed by atoms with Gasteiger partial charge in [0.1, 0.15) is 12.2 Å². The van der Waals surface area contributed by atoms with Gasteiger partial charge in [-0.2, -0.15) is 0 Å². The summed E-state index contributed by atoms with van der Waals surface area (Å²) >= 11 is 0. The Morgan fingerprint density at radius 3 is 0.857 bits per heavy atom. The molecule has 7 nitrogen and oxygen atoms in total. The van der Waals surface area contributed by atoms with Crippen molar-refractivity contribution in [2.24, 2.45) is 0 Å². The summed E-state index contributed by atoms with van der Waals surface area (Å²) in [6.45, 7) is 9.67. The topological polar surface area (TPSA) is 147 Å². The van der Waals surface area contributed by atoms with Crippen LogP contribution in [-0.4, -0.2) is 43.3 Å². The SMILES string of the molecule is CC(=O)CC(=O)O.CCCC[O-].CCCC[O-].CCCC[O-].CCCC[O-].[Zr+4]. The molecular formula is C20H42O7Zr. The van der Waals surface area contributed by atoms with Crippen molar-refractivity contribution in [3.05, 3.63) is 0 Å². The van der Waals surface area contributed by atoms with Crippen molar-refractivity contribution in [2.75, 3.05) is 26.4 Å². The van der Waals surface area contributed by atoms with E-state index in [9.17, 15) is 30.0 Å². The minimum absolute atomic E-state index is 0. The van der Waals surface area contributed by atoms with Gasteiger partial charge in [0.05, 0.1) is 0 Å². The summed E-state index contributed by atoms with van der Waals surface area (Å²) in [5.74, 6) is -1.37. The van der Waals surface area contributed by atoms with E-state index in [1.165, 1.54) is 6.92 Å². The molecule has 0 aromatic heterocycles. The average molecular weight is 486 g/mol. The van der Waals surface area contributed by atoms with Crippen LogP contribution in [0.5, 0.6) is 0 Å². The molecule has 0 saturated carbocycles. The normalized spacial score (nSPS) is 8.04. The Labute approximate surface area is 191 Å². The second-order valence-corrected chi connectivity index (χ2v) is 5.50. The van der Waals surface area contributed by atoms with E-state index < -0.39 is 5.97 Å². The Bertz CT molecular complexity index is 209. The number of carboxylic acids is 1. The maximum absolute atomic E-state index is 9.87. The van der Waals surface area contributed by atoms with Gasteiger partial charge in [-0.15, -0.1) is 26.4 Å². The molecule has 0 atom stereocenters. The van der Waals surface area contributed by atoms with E-state index in [2.05, 4.69) is 0 Å². The van der Waals surface area contributed by atoms with Gasteiger partial charge in [-0.05, 0) is 6.92 Å². The van der Waals surface area contributed by atoms with Crippen molar-refractivity contribution >= 4 is 11.8 Å². The van der Waals surface area contributed by atoms with Gasteiger partial charge in [-0.3, -0.25) is 9.59 Å². The number of Topliss-reactive ketones (excluding diaryl/α,β-unsaturated/α-hetero) is 1. The van der Waals surface area contributed by atoms with Crippen molar-refractivity contribution in [3.8, 4) is 0 Å². The van der Waals surface area contributed by atoms with Crippen molar-refractivity contribution in [1.29, 1.82) is 0 Å². The molecule has 0 rings (SSSR count). The minimum atomic E-state index is -1.06. The number of carbonyl (C=O) groups is 2. The first-order chi connectivity index (χ1) is 12.8. The number of unbranched alkanes of at least 4 members (excludes halogenated alkanes) is 4. The minimum Gasteiger partial charge on any atom is -0.854 e. The van der Waals surface area contributed by atoms with E-state index in [4.69, 9.17) is 5.11 Å². The first-order valence-electron chi connectivity index (χ1n) is 9.82. The summed E-state index contributed by atoms with van der Waals surface area (Å²) in [6, 6.07) is 0. The maximum atomic E-state index is 9.87. The molecule has 0 spiro atoms. The van der Waals surface area contributed by atoms with E-state index in [0.717, 1.165) is 51.4 Å². The Balaban J connectivity index is -0.0000000540. The molecule has 0 heterocycles. The Morgan fingerprint density at radius 2 is 0.857 bits per heavy atom. The molecule has 0 fully saturated rings. The van der Waals surface area contributed by atoms with Crippen LogP contribution in [0.15, 0.2) is 0 Å². The average Bonchev–Trinajstić information content (AvgIpc) is 2.59. The third-order valence-electron chi connectivity index (χ3n) is 2.39. The molecule has 0 bridgehead atoms. The molecule has 28 heavy (non-hydrogen) atoms. The molecule has 168 valence electrons. The van der Waals surface area contributed by atoms with Crippen molar-refractivity contribution < 1.29 is 61.3 Å². The molecular weight excluding hydrogens is 443 g/mol. The standard InChI is InChI=1S/C4H6O3.4C4H9O.Zr/c1-3(5)2-4(6)7;4*1-2-3-4-5;/h2H2,1H3,(H,6,7);4*2-4H2,1H3;/q;4*-1;+4. The molecule has 0 unspecified atom stereocenters. The fraction of sp³-hybridized carbons (Fsp3) is 0.900. The quantitative estimate of drug-likeness (QED) is 0.446. The molecule has 0 radical (unpaired) electrons. The Hall–Kier alpha value is -0.137. The molecule has 8 heteroatoms. The van der Waals surface area contributed by atoms with Crippen LogP contribution in [0.1, 0.15) is 92.4 Å². The summed E-state index contributed by atoms with van der Waals surface area (Å²) in [4.78, 5) is 19.5. The fourth-order valence-electron chi connectivity index (χ4n) is 0.790. The van der Waals surface area contributed by atoms with Crippen LogP contribution in [0, 0.1) is 0 Å². The number of ketones is 1. The van der Waals surface area contributed by atoms with Gasteiger partial charge < -0.3 is 25.5 Å². The summed E-state index contributed by atoms with van der Waals surface area (Å²) in [6.07, 6.45) is 7.10. The number of hydrogen-bond acceptors (Lipinski definition) is 6. The number of carboxylic acid groups (broad SMARTS) is 1. The van der Waals surface area contributed by atoms with Crippen LogP contribution in [0.3, 0.4) is 0 Å². The Kier molecular flexibility index (Phi) is 75.9. The van der Waals surface area contributed by atoms with Gasteiger partial charge in [0.15, 0.2) is 0 Å². The number of aliphatic carboxylic acids is 1. The molecule has 0 aliphatic carbocycles. The number of carbonyl (C=O) groups excluding carboxylic acids is 1. The van der Waals surface area contributed by atoms with E-state index in [1.807, 2.05) is 27.7 Å². The van der Waals surface area contributed by atoms with Crippen LogP contribution in [-0.2, 0) is 35.8 Å². The number of hydrogen-bond donors (Lipinski definition) is 1. The first kappa shape index (κ1) is 42.1. The monoisotopic (exact) mass is 484 g/mol. The van der Waals surface area contributed by atoms with Crippen LogP contribution >= 0.6 is 0 Å². The van der Waals surface area contributed by atoms with E-state index in [1.54, 1.807) is 0 Å². The molecule has 0 aromatic carbocycles. The number of rotatable bonds is 10. The van der Waals surface area contributed by atoms with E-state index in [0.29, 0.717) is 0 Å². The summed E-state index contributed by atoms with van der Waals surface area (Å²) in [7, 11) is 0. The molecule has 0 amide bonds. The molecule has 0 aliphatic rings. The van der Waals surface area contributed by atoms with Crippen LogP contribution in [0.2, 0.25) is 0 Å². The summed E-state index contributed by atoms with van der Waals surface area (Å²) < 4.78 is 0. The molecule has 0 aromatic rings. The smallest absolute Gasteiger partial charge is 0.854 e. The summed E-state index contributed by atoms with van der Waals surface area (Å²) in [5.41, 5.74) is 0. The van der Waals surface area contributed by atoms with E-state index >= 15 is 0 Å². The molecule has 0 aliphatic heterocycles. The third-order valence-corrected chi connectivity index (χ3v) is 2.39. The second kappa shape index (κ2) is 50.5. The largest absolute Gasteiger partial charge is 4.00 e. The predicted octanol–water partition coefficient (Wildman–Crippen LogP) is 0.635.